The van der Waals surface area contributed by atoms with Crippen molar-refractivity contribution in [1.29, 1.82) is 0 Å². The summed E-state index contributed by atoms with van der Waals surface area (Å²) in [4.78, 5) is 29.8. The van der Waals surface area contributed by atoms with Crippen LogP contribution in [0.2, 0.25) is 0 Å². The Labute approximate surface area is 164 Å². The van der Waals surface area contributed by atoms with E-state index >= 15 is 0 Å². The molecule has 0 N–H and O–H groups in total. The molecule has 0 radical (unpaired) electrons. The van der Waals surface area contributed by atoms with E-state index in [1.54, 1.807) is 20.4 Å². The number of aromatic nitrogens is 1. The van der Waals surface area contributed by atoms with Crippen molar-refractivity contribution in [2.45, 2.75) is 18.6 Å². The minimum atomic E-state index is -0.519. The molecule has 0 aliphatic carbocycles. The van der Waals surface area contributed by atoms with E-state index in [1.807, 2.05) is 49.6 Å². The van der Waals surface area contributed by atoms with Crippen molar-refractivity contribution in [2.75, 3.05) is 32.8 Å². The maximum Gasteiger partial charge on any atom is 0.271 e. The Hall–Kier alpha value is -2.80. The molecule has 2 amide bonds. The monoisotopic (exact) mass is 383 g/mol. The fourth-order valence-electron chi connectivity index (χ4n) is 3.86. The van der Waals surface area contributed by atoms with Crippen LogP contribution < -0.4 is 4.74 Å². The summed E-state index contributed by atoms with van der Waals surface area (Å²) in [7, 11) is 1.83. The summed E-state index contributed by atoms with van der Waals surface area (Å²) >= 11 is 0. The summed E-state index contributed by atoms with van der Waals surface area (Å²) in [6, 6.07) is 12.6. The number of carbonyl (C=O) groups is 2. The highest BCUT2D eigenvalue weighted by atomic mass is 16.5. The first-order valence-electron chi connectivity index (χ1n) is 9.64. The summed E-state index contributed by atoms with van der Waals surface area (Å²) in [5, 5.41) is 0. The highest BCUT2D eigenvalue weighted by molar-refractivity contribution is 5.97. The number of hydrogen-bond acceptors (Lipinski definition) is 4. The first-order valence-corrected chi connectivity index (χ1v) is 9.64. The van der Waals surface area contributed by atoms with Gasteiger partial charge in [-0.1, -0.05) is 18.2 Å². The van der Waals surface area contributed by atoms with E-state index in [4.69, 9.17) is 9.47 Å². The highest BCUT2D eigenvalue weighted by Gasteiger charge is 2.43. The number of para-hydroxylation sites is 1. The van der Waals surface area contributed by atoms with E-state index in [9.17, 15) is 9.59 Å². The van der Waals surface area contributed by atoms with Gasteiger partial charge < -0.3 is 23.8 Å². The third kappa shape index (κ3) is 3.75. The molecule has 2 aliphatic heterocycles. The number of ether oxygens (including phenoxy) is 2. The molecule has 0 saturated carbocycles. The van der Waals surface area contributed by atoms with Crippen molar-refractivity contribution < 1.29 is 19.1 Å². The van der Waals surface area contributed by atoms with Crippen LogP contribution >= 0.6 is 0 Å². The number of rotatable bonds is 4. The maximum atomic E-state index is 13.2. The van der Waals surface area contributed by atoms with Gasteiger partial charge in [0.25, 0.3) is 5.91 Å². The van der Waals surface area contributed by atoms with Crippen molar-refractivity contribution in [1.82, 2.24) is 14.4 Å². The summed E-state index contributed by atoms with van der Waals surface area (Å²) < 4.78 is 13.2. The lowest BCUT2D eigenvalue weighted by Crippen LogP contribution is -2.51. The number of morpholine rings is 1. The minimum Gasteiger partial charge on any atom is -0.488 e. The van der Waals surface area contributed by atoms with Crippen LogP contribution in [0.1, 0.15) is 16.9 Å². The SMILES string of the molecule is Cn1cccc1C(=O)N1C[C@@H](Oc2ccccc2)C[C@@H]1C(=O)N1CCOCC1. The number of hydrogen-bond donors (Lipinski definition) is 0. The fourth-order valence-corrected chi connectivity index (χ4v) is 3.86. The Morgan fingerprint density at radius 2 is 1.82 bits per heavy atom. The molecule has 2 fully saturated rings. The Balaban J connectivity index is 1.55. The third-order valence-electron chi connectivity index (χ3n) is 5.34. The Bertz CT molecular complexity index is 829. The van der Waals surface area contributed by atoms with Crippen LogP contribution in [-0.4, -0.2) is 71.2 Å². The molecule has 148 valence electrons. The van der Waals surface area contributed by atoms with E-state index in [-0.39, 0.29) is 17.9 Å². The molecule has 1 aromatic heterocycles. The topological polar surface area (TPSA) is 64.0 Å². The molecule has 3 heterocycles. The van der Waals surface area contributed by atoms with Crippen molar-refractivity contribution in [3.63, 3.8) is 0 Å². The number of amides is 2. The molecule has 28 heavy (non-hydrogen) atoms. The second-order valence-electron chi connectivity index (χ2n) is 7.20. The lowest BCUT2D eigenvalue weighted by Gasteiger charge is -2.32. The summed E-state index contributed by atoms with van der Waals surface area (Å²) in [5.74, 6) is 0.585. The van der Waals surface area contributed by atoms with Gasteiger partial charge in [0.15, 0.2) is 0 Å². The first-order chi connectivity index (χ1) is 13.6. The number of carbonyl (C=O) groups excluding carboxylic acids is 2. The van der Waals surface area contributed by atoms with Gasteiger partial charge in [0.05, 0.1) is 19.8 Å². The van der Waals surface area contributed by atoms with Crippen LogP contribution in [0, 0.1) is 0 Å². The highest BCUT2D eigenvalue weighted by Crippen LogP contribution is 2.26. The van der Waals surface area contributed by atoms with Crippen molar-refractivity contribution in [3.05, 3.63) is 54.4 Å². The normalized spacial score (nSPS) is 22.3. The second-order valence-corrected chi connectivity index (χ2v) is 7.20. The van der Waals surface area contributed by atoms with Crippen LogP contribution in [-0.2, 0) is 16.6 Å². The van der Waals surface area contributed by atoms with E-state index in [0.29, 0.717) is 45.0 Å². The number of benzene rings is 1. The lowest BCUT2D eigenvalue weighted by atomic mass is 10.1. The molecule has 1 aromatic carbocycles. The minimum absolute atomic E-state index is 0.0231. The molecule has 7 nitrogen and oxygen atoms in total. The third-order valence-corrected chi connectivity index (χ3v) is 5.34. The van der Waals surface area contributed by atoms with Crippen LogP contribution in [0.25, 0.3) is 0 Å². The zero-order chi connectivity index (χ0) is 19.5. The van der Waals surface area contributed by atoms with Gasteiger partial charge in [-0.15, -0.1) is 0 Å². The van der Waals surface area contributed by atoms with Crippen LogP contribution in [0.5, 0.6) is 5.75 Å². The largest absolute Gasteiger partial charge is 0.488 e. The quantitative estimate of drug-likeness (QED) is 0.804. The van der Waals surface area contributed by atoms with E-state index in [0.717, 1.165) is 5.75 Å². The lowest BCUT2D eigenvalue weighted by molar-refractivity contribution is -0.139. The molecule has 0 unspecified atom stereocenters. The van der Waals surface area contributed by atoms with Gasteiger partial charge in [-0.25, -0.2) is 0 Å². The molecule has 0 bridgehead atoms. The van der Waals surface area contributed by atoms with Gasteiger partial charge >= 0.3 is 0 Å². The number of aryl methyl sites for hydroxylation is 1. The number of likely N-dealkylation sites (tertiary alicyclic amines) is 1. The van der Waals surface area contributed by atoms with Crippen molar-refractivity contribution in [3.8, 4) is 5.75 Å². The predicted molar refractivity (Wildman–Crippen MR) is 103 cm³/mol. The molecule has 2 aromatic rings. The Morgan fingerprint density at radius 1 is 1.07 bits per heavy atom. The molecule has 2 aliphatic rings. The Morgan fingerprint density at radius 3 is 2.50 bits per heavy atom. The molecular formula is C21H25N3O4. The van der Waals surface area contributed by atoms with Gasteiger partial charge in [-0.05, 0) is 24.3 Å². The Kier molecular flexibility index (Phi) is 5.34. The van der Waals surface area contributed by atoms with Crippen LogP contribution in [0.3, 0.4) is 0 Å². The van der Waals surface area contributed by atoms with E-state index in [1.165, 1.54) is 0 Å². The predicted octanol–water partition coefficient (Wildman–Crippen LogP) is 1.55. The summed E-state index contributed by atoms with van der Waals surface area (Å²) in [6.45, 7) is 2.58. The summed E-state index contributed by atoms with van der Waals surface area (Å²) in [5.41, 5.74) is 0.570. The van der Waals surface area contributed by atoms with Gasteiger partial charge in [0, 0.05) is 32.8 Å². The second kappa shape index (κ2) is 8.06. The van der Waals surface area contributed by atoms with Crippen LogP contribution in [0.15, 0.2) is 48.7 Å². The molecule has 2 saturated heterocycles. The van der Waals surface area contributed by atoms with E-state index in [2.05, 4.69) is 0 Å². The van der Waals surface area contributed by atoms with Crippen molar-refractivity contribution >= 4 is 11.8 Å². The average Bonchev–Trinajstić information content (AvgIpc) is 3.35. The molecule has 4 rings (SSSR count). The van der Waals surface area contributed by atoms with E-state index < -0.39 is 6.04 Å². The van der Waals surface area contributed by atoms with Gasteiger partial charge in [-0.3, -0.25) is 9.59 Å². The van der Waals surface area contributed by atoms with Gasteiger partial charge in [0.1, 0.15) is 23.6 Å². The molecular weight excluding hydrogens is 358 g/mol. The molecule has 0 spiro atoms. The standard InChI is InChI=1S/C21H25N3O4/c1-22-9-5-8-18(22)21(26)24-15-17(28-16-6-3-2-4-7-16)14-19(24)20(25)23-10-12-27-13-11-23/h2-9,17,19H,10-15H2,1H3/t17-,19+/m0/s1. The molecule has 2 atom stereocenters. The smallest absolute Gasteiger partial charge is 0.271 e. The van der Waals surface area contributed by atoms with Gasteiger partial charge in [0.2, 0.25) is 5.91 Å². The summed E-state index contributed by atoms with van der Waals surface area (Å²) in [6.07, 6.45) is 2.10. The maximum absolute atomic E-state index is 13.2. The zero-order valence-electron chi connectivity index (χ0n) is 16.0. The number of nitrogens with zero attached hydrogens (tertiary/aromatic N) is 3. The fraction of sp³-hybridized carbons (Fsp3) is 0.429. The van der Waals surface area contributed by atoms with Crippen LogP contribution in [0.4, 0.5) is 0 Å². The first kappa shape index (κ1) is 18.6. The zero-order valence-corrected chi connectivity index (χ0v) is 16.0. The molecule has 7 heteroatoms. The van der Waals surface area contributed by atoms with Gasteiger partial charge in [-0.2, -0.15) is 0 Å². The van der Waals surface area contributed by atoms with Crippen molar-refractivity contribution in [2.24, 2.45) is 7.05 Å². The average molecular weight is 383 g/mol.